The predicted molar refractivity (Wildman–Crippen MR) is 226 cm³/mol. The Morgan fingerprint density at radius 2 is 1.74 bits per heavy atom. The summed E-state index contributed by atoms with van der Waals surface area (Å²) in [5, 5.41) is 18.1. The van der Waals surface area contributed by atoms with Gasteiger partial charge in [-0.15, -0.1) is 12.6 Å². The minimum atomic E-state index is -0.915. The maximum atomic E-state index is 13.8. The van der Waals surface area contributed by atoms with E-state index in [4.69, 9.17) is 29.0 Å². The molecule has 3 aliphatic heterocycles. The van der Waals surface area contributed by atoms with Gasteiger partial charge in [-0.2, -0.15) is 5.26 Å². The molecule has 3 aliphatic rings. The number of thiol groups is 1. The van der Waals surface area contributed by atoms with E-state index in [1.54, 1.807) is 29.2 Å². The lowest BCUT2D eigenvalue weighted by Crippen LogP contribution is -2.58. The molecule has 3 saturated heterocycles. The predicted octanol–water partition coefficient (Wildman–Crippen LogP) is 5.81. The number of hydrogen-bond acceptors (Lipinski definition) is 11. The quantitative estimate of drug-likeness (QED) is 0.130. The summed E-state index contributed by atoms with van der Waals surface area (Å²) in [5.41, 5.74) is 2.55. The van der Waals surface area contributed by atoms with Crippen molar-refractivity contribution in [2.75, 3.05) is 53.2 Å². The molecule has 0 aromatic heterocycles. The van der Waals surface area contributed by atoms with E-state index in [9.17, 15) is 24.4 Å². The molecule has 4 atom stereocenters. The molecule has 57 heavy (non-hydrogen) atoms. The molecule has 3 N–H and O–H groups in total. The summed E-state index contributed by atoms with van der Waals surface area (Å²) in [7, 11) is 0. The normalized spacial score (nSPS) is 22.7. The molecule has 0 radical (unpaired) electrons. The SMILES string of the molecule is CC(C)c1cc(N2C(S)N(c3ccc(C#N)c(Cl)c3)C(=O)C2(C)C)ccc1OCCN1C[C@@H](C)N(CC(=O)Nc2cccc(NC3CCC(=O)NC3=O)c2)[C@@H](C)C1. The van der Waals surface area contributed by atoms with E-state index in [1.807, 2.05) is 49.1 Å². The molecule has 0 saturated carbocycles. The first kappa shape index (κ1) is 41.8. The van der Waals surface area contributed by atoms with E-state index >= 15 is 0 Å². The van der Waals surface area contributed by atoms with Gasteiger partial charge in [-0.25, -0.2) is 0 Å². The van der Waals surface area contributed by atoms with Crippen molar-refractivity contribution >= 4 is 70.6 Å². The van der Waals surface area contributed by atoms with Crippen LogP contribution in [0.25, 0.3) is 0 Å². The van der Waals surface area contributed by atoms with E-state index in [2.05, 4.69) is 65.6 Å². The Morgan fingerprint density at radius 3 is 2.40 bits per heavy atom. The van der Waals surface area contributed by atoms with Crippen molar-refractivity contribution in [3.63, 3.8) is 0 Å². The van der Waals surface area contributed by atoms with Gasteiger partial charge in [0, 0.05) is 60.9 Å². The number of halogens is 1. The molecule has 3 fully saturated rings. The number of piperazine rings is 1. The molecule has 0 bridgehead atoms. The fraction of sp³-hybridized carbons (Fsp3) is 0.452. The third-order valence-corrected chi connectivity index (χ3v) is 11.7. The third kappa shape index (κ3) is 9.17. The minimum Gasteiger partial charge on any atom is -0.492 e. The first-order valence-electron chi connectivity index (χ1n) is 19.3. The van der Waals surface area contributed by atoms with Crippen LogP contribution in [0.1, 0.15) is 71.4 Å². The molecule has 3 aromatic rings. The maximum Gasteiger partial charge on any atom is 0.254 e. The Balaban J connectivity index is 1.03. The molecule has 0 spiro atoms. The highest BCUT2D eigenvalue weighted by atomic mass is 35.5. The average Bonchev–Trinajstić information content (AvgIpc) is 3.33. The van der Waals surface area contributed by atoms with Crippen molar-refractivity contribution in [2.45, 2.75) is 89.5 Å². The molecular formula is C42H51ClN8O5S. The second-order valence-corrected chi connectivity index (χ2v) is 16.7. The summed E-state index contributed by atoms with van der Waals surface area (Å²) < 4.78 is 6.42. The zero-order valence-corrected chi connectivity index (χ0v) is 34.9. The number of benzene rings is 3. The first-order valence-corrected chi connectivity index (χ1v) is 20.2. The van der Waals surface area contributed by atoms with Crippen molar-refractivity contribution in [1.82, 2.24) is 15.1 Å². The lowest BCUT2D eigenvalue weighted by molar-refractivity contribution is -0.133. The molecule has 13 nitrogen and oxygen atoms in total. The van der Waals surface area contributed by atoms with Gasteiger partial charge < -0.3 is 20.3 Å². The molecule has 3 aromatic carbocycles. The number of rotatable bonds is 12. The number of nitrogens with one attached hydrogen (secondary N) is 3. The second kappa shape index (κ2) is 17.4. The number of ether oxygens (including phenoxy) is 1. The number of piperidine rings is 1. The molecule has 4 amide bonds. The molecule has 2 unspecified atom stereocenters. The summed E-state index contributed by atoms with van der Waals surface area (Å²) >= 11 is 11.3. The van der Waals surface area contributed by atoms with Crippen LogP contribution in [0.2, 0.25) is 5.02 Å². The molecular weight excluding hydrogens is 764 g/mol. The van der Waals surface area contributed by atoms with Gasteiger partial charge in [0.15, 0.2) is 5.50 Å². The van der Waals surface area contributed by atoms with E-state index in [1.165, 1.54) is 0 Å². The molecule has 6 rings (SSSR count). The van der Waals surface area contributed by atoms with Crippen LogP contribution in [0, 0.1) is 11.3 Å². The molecule has 0 aliphatic carbocycles. The van der Waals surface area contributed by atoms with Gasteiger partial charge in [0.1, 0.15) is 30.0 Å². The highest BCUT2D eigenvalue weighted by molar-refractivity contribution is 7.81. The largest absolute Gasteiger partial charge is 0.492 e. The Bertz CT molecular complexity index is 2060. The Morgan fingerprint density at radius 1 is 1.04 bits per heavy atom. The highest BCUT2D eigenvalue weighted by Gasteiger charge is 2.51. The number of nitrogens with zero attached hydrogens (tertiary/aromatic N) is 5. The van der Waals surface area contributed by atoms with Gasteiger partial charge in [0.05, 0.1) is 17.1 Å². The lowest BCUT2D eigenvalue weighted by atomic mass is 9.98. The summed E-state index contributed by atoms with van der Waals surface area (Å²) in [6, 6.07) is 20.0. The standard InChI is InChI=1S/C42H51ClN8O5S/c1-25(2)33-19-32(51-41(57)50(40(55)42(51,5)6)31-11-10-28(21-44)34(43)20-31)12-14-36(33)56-17-16-48-22-26(3)49(27(4)23-48)24-38(53)46-30-9-7-8-29(18-30)45-35-13-15-37(52)47-39(35)54/h7-12,14,18-20,25-27,35,41,45,57H,13,15-17,22-24H2,1-6H3,(H,46,53)(H,47,52,54)/t26-,27+,35?,41?. The minimum absolute atomic E-state index is 0.120. The lowest BCUT2D eigenvalue weighted by Gasteiger charge is -2.44. The topological polar surface area (TPSA) is 150 Å². The Labute approximate surface area is 345 Å². The van der Waals surface area contributed by atoms with Gasteiger partial charge in [0.2, 0.25) is 17.7 Å². The van der Waals surface area contributed by atoms with Gasteiger partial charge in [-0.3, -0.25) is 39.2 Å². The van der Waals surface area contributed by atoms with Gasteiger partial charge >= 0.3 is 0 Å². The smallest absolute Gasteiger partial charge is 0.254 e. The Kier molecular flexibility index (Phi) is 12.7. The van der Waals surface area contributed by atoms with Gasteiger partial charge in [0.25, 0.3) is 5.91 Å². The van der Waals surface area contributed by atoms with Crippen molar-refractivity contribution in [3.05, 3.63) is 76.8 Å². The zero-order chi connectivity index (χ0) is 41.2. The van der Waals surface area contributed by atoms with Crippen LogP contribution < -0.4 is 30.5 Å². The summed E-state index contributed by atoms with van der Waals surface area (Å²) in [6.45, 7) is 15.3. The van der Waals surface area contributed by atoms with Crippen LogP contribution in [-0.4, -0.2) is 95.4 Å². The first-order chi connectivity index (χ1) is 27.1. The van der Waals surface area contributed by atoms with Crippen LogP contribution in [-0.2, 0) is 19.2 Å². The number of carbonyl (C=O) groups is 4. The van der Waals surface area contributed by atoms with Gasteiger partial charge in [-0.05, 0) is 100 Å². The monoisotopic (exact) mass is 814 g/mol. The molecule has 302 valence electrons. The van der Waals surface area contributed by atoms with Crippen molar-refractivity contribution in [3.8, 4) is 11.8 Å². The number of hydrogen-bond donors (Lipinski definition) is 4. The average molecular weight is 815 g/mol. The Hall–Kier alpha value is -4.81. The third-order valence-electron chi connectivity index (χ3n) is 10.9. The van der Waals surface area contributed by atoms with E-state index in [0.29, 0.717) is 35.7 Å². The maximum absolute atomic E-state index is 13.8. The summed E-state index contributed by atoms with van der Waals surface area (Å²) in [6.07, 6.45) is 0.698. The van der Waals surface area contributed by atoms with Crippen molar-refractivity contribution < 1.29 is 23.9 Å². The van der Waals surface area contributed by atoms with Crippen LogP contribution in [0.3, 0.4) is 0 Å². The molecule has 15 heteroatoms. The number of carbonyl (C=O) groups excluding carboxylic acids is 4. The number of amides is 4. The van der Waals surface area contributed by atoms with Gasteiger partial charge in [-0.1, -0.05) is 31.5 Å². The van der Waals surface area contributed by atoms with Crippen molar-refractivity contribution in [2.24, 2.45) is 0 Å². The van der Waals surface area contributed by atoms with Crippen molar-refractivity contribution in [1.29, 1.82) is 5.26 Å². The number of nitriles is 1. The van der Waals surface area contributed by atoms with E-state index in [0.717, 1.165) is 36.6 Å². The van der Waals surface area contributed by atoms with E-state index < -0.39 is 17.1 Å². The zero-order valence-electron chi connectivity index (χ0n) is 33.2. The highest BCUT2D eigenvalue weighted by Crippen LogP contribution is 2.43. The van der Waals surface area contributed by atoms with E-state index in [-0.39, 0.29) is 59.6 Å². The number of imide groups is 1. The summed E-state index contributed by atoms with van der Waals surface area (Å²) in [4.78, 5) is 58.9. The summed E-state index contributed by atoms with van der Waals surface area (Å²) in [5.74, 6) is 0.0653. The van der Waals surface area contributed by atoms with Crippen LogP contribution in [0.4, 0.5) is 22.7 Å². The van der Waals surface area contributed by atoms with Crippen LogP contribution in [0.15, 0.2) is 60.7 Å². The fourth-order valence-corrected chi connectivity index (χ4v) is 8.83. The van der Waals surface area contributed by atoms with Crippen LogP contribution in [0.5, 0.6) is 5.75 Å². The number of anilines is 4. The van der Waals surface area contributed by atoms with Crippen LogP contribution >= 0.6 is 24.2 Å². The molecule has 3 heterocycles. The fourth-order valence-electron chi connectivity index (χ4n) is 7.96. The second-order valence-electron chi connectivity index (χ2n) is 15.9.